The van der Waals surface area contributed by atoms with Crippen molar-refractivity contribution >= 4 is 29.2 Å². The molecule has 3 rings (SSSR count). The number of hydrogen-bond acceptors (Lipinski definition) is 7. The van der Waals surface area contributed by atoms with Gasteiger partial charge in [0.15, 0.2) is 0 Å². The maximum atomic E-state index is 8.86. The van der Waals surface area contributed by atoms with Crippen LogP contribution in [0.3, 0.4) is 0 Å². The minimum absolute atomic E-state index is 0.211. The van der Waals surface area contributed by atoms with Crippen LogP contribution in [-0.4, -0.2) is 41.1 Å². The molecule has 0 spiro atoms. The maximum Gasteiger partial charge on any atom is 0.227 e. The first kappa shape index (κ1) is 14.4. The number of nitrogens with two attached hydrogens (primary N) is 1. The van der Waals surface area contributed by atoms with E-state index in [0.29, 0.717) is 16.5 Å². The lowest BCUT2D eigenvalue weighted by Crippen LogP contribution is -2.47. The average molecular weight is 316 g/mol. The number of nitriles is 1. The number of halogens is 1. The molecule has 2 aromatic heterocycles. The molecule has 0 saturated carbocycles. The summed E-state index contributed by atoms with van der Waals surface area (Å²) in [6.45, 7) is 3.00. The van der Waals surface area contributed by atoms with Crippen molar-refractivity contribution in [3.8, 4) is 6.07 Å². The minimum Gasteiger partial charge on any atom is -0.382 e. The van der Waals surface area contributed by atoms with Gasteiger partial charge in [0.05, 0.1) is 11.2 Å². The molecule has 22 heavy (non-hydrogen) atoms. The molecule has 112 valence electrons. The average Bonchev–Trinajstić information content (AvgIpc) is 2.55. The standard InChI is InChI=1S/C14H14ClN7/c15-11-2-1-3-18-13(11)21-4-6-22(7-5-21)14-19-9-10(8-16)12(17)20-14/h1-3,9H,4-7H2,(H2,17,19,20). The molecule has 1 aliphatic rings. The smallest absolute Gasteiger partial charge is 0.227 e. The van der Waals surface area contributed by atoms with E-state index in [0.717, 1.165) is 32.0 Å². The van der Waals surface area contributed by atoms with E-state index in [1.807, 2.05) is 23.1 Å². The first-order valence-electron chi connectivity index (χ1n) is 6.82. The van der Waals surface area contributed by atoms with Crippen LogP contribution in [0.1, 0.15) is 5.56 Å². The number of pyridine rings is 1. The van der Waals surface area contributed by atoms with E-state index in [2.05, 4.69) is 19.9 Å². The van der Waals surface area contributed by atoms with E-state index in [1.165, 1.54) is 6.20 Å². The van der Waals surface area contributed by atoms with Crippen LogP contribution in [0.15, 0.2) is 24.5 Å². The van der Waals surface area contributed by atoms with Crippen molar-refractivity contribution in [2.45, 2.75) is 0 Å². The molecule has 0 aliphatic carbocycles. The molecule has 0 atom stereocenters. The second kappa shape index (κ2) is 6.03. The Morgan fingerprint density at radius 3 is 2.55 bits per heavy atom. The van der Waals surface area contributed by atoms with Crippen molar-refractivity contribution in [2.75, 3.05) is 41.7 Å². The number of anilines is 3. The number of nitrogen functional groups attached to an aromatic ring is 1. The van der Waals surface area contributed by atoms with E-state index in [-0.39, 0.29) is 5.82 Å². The van der Waals surface area contributed by atoms with Crippen LogP contribution in [0.2, 0.25) is 5.02 Å². The molecule has 1 saturated heterocycles. The molecule has 8 heteroatoms. The lowest BCUT2D eigenvalue weighted by Gasteiger charge is -2.35. The molecule has 0 unspecified atom stereocenters. The second-order valence-corrected chi connectivity index (χ2v) is 5.27. The first-order valence-corrected chi connectivity index (χ1v) is 7.20. The van der Waals surface area contributed by atoms with Crippen molar-refractivity contribution in [1.82, 2.24) is 15.0 Å². The van der Waals surface area contributed by atoms with Gasteiger partial charge in [-0.1, -0.05) is 11.6 Å². The molecule has 0 bridgehead atoms. The molecule has 0 radical (unpaired) electrons. The van der Waals surface area contributed by atoms with Gasteiger partial charge in [0.25, 0.3) is 0 Å². The molecule has 1 fully saturated rings. The molecule has 0 aromatic carbocycles. The number of piperazine rings is 1. The lowest BCUT2D eigenvalue weighted by atomic mass is 10.3. The van der Waals surface area contributed by atoms with Crippen molar-refractivity contribution in [2.24, 2.45) is 0 Å². The summed E-state index contributed by atoms with van der Waals surface area (Å²) in [7, 11) is 0. The summed E-state index contributed by atoms with van der Waals surface area (Å²) in [6, 6.07) is 5.61. The van der Waals surface area contributed by atoms with Crippen molar-refractivity contribution in [3.05, 3.63) is 35.1 Å². The summed E-state index contributed by atoms with van der Waals surface area (Å²) >= 11 is 6.18. The molecule has 0 amide bonds. The van der Waals surface area contributed by atoms with Crippen molar-refractivity contribution in [3.63, 3.8) is 0 Å². The fourth-order valence-electron chi connectivity index (χ4n) is 2.35. The number of hydrogen-bond donors (Lipinski definition) is 1. The Kier molecular flexibility index (Phi) is 3.94. The van der Waals surface area contributed by atoms with Gasteiger partial charge in [-0.15, -0.1) is 0 Å². The number of aromatic nitrogens is 3. The number of nitrogens with zero attached hydrogens (tertiary/aromatic N) is 6. The Morgan fingerprint density at radius 2 is 1.91 bits per heavy atom. The predicted octanol–water partition coefficient (Wildman–Crippen LogP) is 1.31. The SMILES string of the molecule is N#Cc1cnc(N2CCN(c3ncccc3Cl)CC2)nc1N. The zero-order valence-corrected chi connectivity index (χ0v) is 12.5. The largest absolute Gasteiger partial charge is 0.382 e. The van der Waals surface area contributed by atoms with Crippen LogP contribution < -0.4 is 15.5 Å². The van der Waals surface area contributed by atoms with Gasteiger partial charge in [-0.05, 0) is 12.1 Å². The van der Waals surface area contributed by atoms with Gasteiger partial charge in [-0.25, -0.2) is 9.97 Å². The van der Waals surface area contributed by atoms with Crippen LogP contribution >= 0.6 is 11.6 Å². The van der Waals surface area contributed by atoms with E-state index >= 15 is 0 Å². The summed E-state index contributed by atoms with van der Waals surface area (Å²) in [5.41, 5.74) is 6.03. The van der Waals surface area contributed by atoms with Gasteiger partial charge in [0, 0.05) is 32.4 Å². The lowest BCUT2D eigenvalue weighted by molar-refractivity contribution is 0.635. The van der Waals surface area contributed by atoms with Gasteiger partial charge in [0.1, 0.15) is 23.3 Å². The monoisotopic (exact) mass is 315 g/mol. The maximum absolute atomic E-state index is 8.86. The van der Waals surface area contributed by atoms with Gasteiger partial charge >= 0.3 is 0 Å². The first-order chi connectivity index (χ1) is 10.7. The van der Waals surface area contributed by atoms with Crippen molar-refractivity contribution < 1.29 is 0 Å². The van der Waals surface area contributed by atoms with E-state index < -0.39 is 0 Å². The molecule has 2 aromatic rings. The predicted molar refractivity (Wildman–Crippen MR) is 84.8 cm³/mol. The quantitative estimate of drug-likeness (QED) is 0.892. The summed E-state index contributed by atoms with van der Waals surface area (Å²) in [4.78, 5) is 16.9. The zero-order chi connectivity index (χ0) is 15.5. The molecule has 7 nitrogen and oxygen atoms in total. The van der Waals surface area contributed by atoms with Crippen LogP contribution in [-0.2, 0) is 0 Å². The minimum atomic E-state index is 0.211. The zero-order valence-electron chi connectivity index (χ0n) is 11.8. The van der Waals surface area contributed by atoms with Gasteiger partial charge < -0.3 is 15.5 Å². The van der Waals surface area contributed by atoms with Crippen LogP contribution in [0.5, 0.6) is 0 Å². The summed E-state index contributed by atoms with van der Waals surface area (Å²) in [5, 5.41) is 9.50. The summed E-state index contributed by atoms with van der Waals surface area (Å²) in [6.07, 6.45) is 3.19. The van der Waals surface area contributed by atoms with Gasteiger partial charge in [-0.2, -0.15) is 10.2 Å². The Hall–Kier alpha value is -2.59. The van der Waals surface area contributed by atoms with E-state index in [9.17, 15) is 0 Å². The Bertz CT molecular complexity index is 719. The molecule has 3 heterocycles. The fourth-order valence-corrected chi connectivity index (χ4v) is 2.59. The van der Waals surface area contributed by atoms with Crippen LogP contribution in [0.25, 0.3) is 0 Å². The molecular formula is C14H14ClN7. The fraction of sp³-hybridized carbons (Fsp3) is 0.286. The van der Waals surface area contributed by atoms with Gasteiger partial charge in [0.2, 0.25) is 5.95 Å². The highest BCUT2D eigenvalue weighted by molar-refractivity contribution is 6.32. The summed E-state index contributed by atoms with van der Waals surface area (Å²) in [5.74, 6) is 1.55. The third-order valence-electron chi connectivity index (χ3n) is 3.53. The topological polar surface area (TPSA) is 95.0 Å². The van der Waals surface area contributed by atoms with E-state index in [4.69, 9.17) is 22.6 Å². The van der Waals surface area contributed by atoms with Gasteiger partial charge in [-0.3, -0.25) is 0 Å². The van der Waals surface area contributed by atoms with Crippen LogP contribution in [0.4, 0.5) is 17.6 Å². The highest BCUT2D eigenvalue weighted by Crippen LogP contribution is 2.24. The third kappa shape index (κ3) is 2.73. The molecular weight excluding hydrogens is 302 g/mol. The molecule has 2 N–H and O–H groups in total. The normalized spacial score (nSPS) is 14.7. The van der Waals surface area contributed by atoms with E-state index in [1.54, 1.807) is 6.20 Å². The Balaban J connectivity index is 1.71. The molecule has 1 aliphatic heterocycles. The van der Waals surface area contributed by atoms with Crippen molar-refractivity contribution in [1.29, 1.82) is 5.26 Å². The third-order valence-corrected chi connectivity index (χ3v) is 3.82. The summed E-state index contributed by atoms with van der Waals surface area (Å²) < 4.78 is 0. The highest BCUT2D eigenvalue weighted by Gasteiger charge is 2.21. The second-order valence-electron chi connectivity index (χ2n) is 4.86. The highest BCUT2D eigenvalue weighted by atomic mass is 35.5. The Labute approximate surface area is 133 Å². The van der Waals surface area contributed by atoms with Crippen LogP contribution in [0, 0.1) is 11.3 Å². The Morgan fingerprint density at radius 1 is 1.18 bits per heavy atom. The number of rotatable bonds is 2.